The van der Waals surface area contributed by atoms with Gasteiger partial charge >= 0.3 is 0 Å². The fraction of sp³-hybridized carbons (Fsp3) is 0.444. The molecule has 0 bridgehead atoms. The molecule has 1 amide bonds. The van der Waals surface area contributed by atoms with E-state index in [0.29, 0.717) is 5.69 Å². The van der Waals surface area contributed by atoms with Crippen molar-refractivity contribution in [1.29, 1.82) is 0 Å². The Morgan fingerprint density at radius 2 is 2.00 bits per heavy atom. The van der Waals surface area contributed by atoms with Crippen LogP contribution in [0.15, 0.2) is 24.3 Å². The number of carbonyl (C=O) groups excluding carboxylic acids is 1. The van der Waals surface area contributed by atoms with E-state index >= 15 is 0 Å². The van der Waals surface area contributed by atoms with E-state index in [0.717, 1.165) is 56.9 Å². The molecule has 2 aliphatic heterocycles. The Morgan fingerprint density at radius 3 is 2.76 bits per heavy atom. The minimum atomic E-state index is 0. The van der Waals surface area contributed by atoms with Crippen molar-refractivity contribution < 1.29 is 4.79 Å². The number of amides is 1. The van der Waals surface area contributed by atoms with Crippen molar-refractivity contribution in [2.24, 2.45) is 0 Å². The molecule has 6 nitrogen and oxygen atoms in total. The summed E-state index contributed by atoms with van der Waals surface area (Å²) in [6.45, 7) is 6.98. The number of nitrogens with zero attached hydrogens (tertiary/aromatic N) is 3. The number of hydrogen-bond acceptors (Lipinski definition) is 4. The maximum Gasteiger partial charge on any atom is 0.274 e. The lowest BCUT2D eigenvalue weighted by atomic mass is 10.1. The van der Waals surface area contributed by atoms with Crippen LogP contribution in [0.5, 0.6) is 0 Å². The van der Waals surface area contributed by atoms with Crippen molar-refractivity contribution in [3.63, 3.8) is 0 Å². The first-order valence-electron chi connectivity index (χ1n) is 8.60. The quantitative estimate of drug-likeness (QED) is 0.855. The Labute approximate surface area is 154 Å². The van der Waals surface area contributed by atoms with Gasteiger partial charge in [-0.1, -0.05) is 12.1 Å². The van der Waals surface area contributed by atoms with Gasteiger partial charge in [-0.05, 0) is 24.6 Å². The van der Waals surface area contributed by atoms with E-state index < -0.39 is 0 Å². The molecule has 0 saturated carbocycles. The van der Waals surface area contributed by atoms with Crippen molar-refractivity contribution in [2.45, 2.75) is 19.9 Å². The summed E-state index contributed by atoms with van der Waals surface area (Å²) in [6, 6.07) is 8.54. The predicted octanol–water partition coefficient (Wildman–Crippen LogP) is 1.75. The SMILES string of the molecule is Cc1cccc(N2CCN(C(=O)c3n[nH]c4c3CNCC4)CC2)c1.Cl. The smallest absolute Gasteiger partial charge is 0.274 e. The molecule has 3 heterocycles. The number of anilines is 1. The van der Waals surface area contributed by atoms with Crippen LogP contribution in [0.25, 0.3) is 0 Å². The van der Waals surface area contributed by atoms with E-state index in [1.807, 2.05) is 4.90 Å². The highest BCUT2D eigenvalue weighted by atomic mass is 35.5. The number of aromatic amines is 1. The van der Waals surface area contributed by atoms with Crippen LogP contribution in [0.3, 0.4) is 0 Å². The molecule has 4 rings (SSSR count). The predicted molar refractivity (Wildman–Crippen MR) is 101 cm³/mol. The maximum atomic E-state index is 12.8. The number of H-pyrrole nitrogens is 1. The standard InChI is InChI=1S/C18H23N5O.ClH/c1-13-3-2-4-14(11-13)22-7-9-23(10-8-22)18(24)17-15-12-19-6-5-16(15)20-21-17;/h2-4,11,19H,5-10,12H2,1H3,(H,20,21);1H. The minimum absolute atomic E-state index is 0. The molecule has 25 heavy (non-hydrogen) atoms. The number of aromatic nitrogens is 2. The van der Waals surface area contributed by atoms with Gasteiger partial charge in [0.05, 0.1) is 0 Å². The van der Waals surface area contributed by atoms with E-state index in [4.69, 9.17) is 0 Å². The van der Waals surface area contributed by atoms with E-state index in [-0.39, 0.29) is 18.3 Å². The third-order valence-electron chi connectivity index (χ3n) is 4.94. The Bertz CT molecular complexity index is 752. The molecule has 2 aromatic rings. The first-order chi connectivity index (χ1) is 11.7. The van der Waals surface area contributed by atoms with Crippen LogP contribution in [0.2, 0.25) is 0 Å². The van der Waals surface area contributed by atoms with Gasteiger partial charge in [0.1, 0.15) is 0 Å². The van der Waals surface area contributed by atoms with Crippen LogP contribution in [0.4, 0.5) is 5.69 Å². The third-order valence-corrected chi connectivity index (χ3v) is 4.94. The Morgan fingerprint density at radius 1 is 1.20 bits per heavy atom. The summed E-state index contributed by atoms with van der Waals surface area (Å²) in [5.74, 6) is 0.0556. The fourth-order valence-corrected chi connectivity index (χ4v) is 3.54. The van der Waals surface area contributed by atoms with Crippen LogP contribution in [-0.4, -0.2) is 53.7 Å². The average molecular weight is 362 g/mol. The lowest BCUT2D eigenvalue weighted by Crippen LogP contribution is -2.49. The molecule has 0 atom stereocenters. The monoisotopic (exact) mass is 361 g/mol. The van der Waals surface area contributed by atoms with Gasteiger partial charge in [0.15, 0.2) is 5.69 Å². The number of fused-ring (bicyclic) bond motifs is 1. The zero-order valence-corrected chi connectivity index (χ0v) is 15.2. The number of hydrogen-bond donors (Lipinski definition) is 2. The fourth-order valence-electron chi connectivity index (χ4n) is 3.54. The van der Waals surface area contributed by atoms with Gasteiger partial charge in [-0.25, -0.2) is 0 Å². The van der Waals surface area contributed by atoms with Crippen LogP contribution < -0.4 is 10.2 Å². The van der Waals surface area contributed by atoms with E-state index in [9.17, 15) is 4.79 Å². The summed E-state index contributed by atoms with van der Waals surface area (Å²) in [6.07, 6.45) is 0.913. The molecular formula is C18H24ClN5O. The molecular weight excluding hydrogens is 338 g/mol. The molecule has 0 aliphatic carbocycles. The Balaban J connectivity index is 0.00000182. The number of rotatable bonds is 2. The van der Waals surface area contributed by atoms with Gasteiger partial charge in [-0.15, -0.1) is 12.4 Å². The summed E-state index contributed by atoms with van der Waals surface area (Å²) < 4.78 is 0. The van der Waals surface area contributed by atoms with Crippen LogP contribution in [-0.2, 0) is 13.0 Å². The summed E-state index contributed by atoms with van der Waals surface area (Å²) >= 11 is 0. The van der Waals surface area contributed by atoms with Crippen molar-refractivity contribution in [3.05, 3.63) is 46.8 Å². The number of piperazine rings is 1. The van der Waals surface area contributed by atoms with Gasteiger partial charge in [-0.2, -0.15) is 5.10 Å². The molecule has 134 valence electrons. The molecule has 1 fully saturated rings. The van der Waals surface area contributed by atoms with Gasteiger partial charge in [-0.3, -0.25) is 9.89 Å². The number of nitrogens with one attached hydrogen (secondary N) is 2. The molecule has 2 N–H and O–H groups in total. The van der Waals surface area contributed by atoms with Gasteiger partial charge in [0.2, 0.25) is 0 Å². The number of aryl methyl sites for hydroxylation is 1. The average Bonchev–Trinajstić information content (AvgIpc) is 3.05. The normalized spacial score (nSPS) is 17.0. The third kappa shape index (κ3) is 3.50. The highest BCUT2D eigenvalue weighted by molar-refractivity contribution is 5.94. The van der Waals surface area contributed by atoms with Crippen molar-refractivity contribution in [2.75, 3.05) is 37.6 Å². The lowest BCUT2D eigenvalue weighted by molar-refractivity contribution is 0.0739. The largest absolute Gasteiger partial charge is 0.368 e. The molecule has 1 aromatic carbocycles. The minimum Gasteiger partial charge on any atom is -0.368 e. The molecule has 2 aliphatic rings. The number of benzene rings is 1. The molecule has 1 saturated heterocycles. The second-order valence-corrected chi connectivity index (χ2v) is 6.57. The van der Waals surface area contributed by atoms with E-state index in [1.54, 1.807) is 0 Å². The second kappa shape index (κ2) is 7.45. The van der Waals surface area contributed by atoms with Crippen molar-refractivity contribution in [1.82, 2.24) is 20.4 Å². The van der Waals surface area contributed by atoms with Crippen molar-refractivity contribution >= 4 is 24.0 Å². The molecule has 7 heteroatoms. The first kappa shape index (κ1) is 17.8. The van der Waals surface area contributed by atoms with E-state index in [2.05, 4.69) is 51.6 Å². The summed E-state index contributed by atoms with van der Waals surface area (Å²) in [5.41, 5.74) is 5.26. The molecule has 0 unspecified atom stereocenters. The Kier molecular flexibility index (Phi) is 5.30. The topological polar surface area (TPSA) is 64.3 Å². The highest BCUT2D eigenvalue weighted by Crippen LogP contribution is 2.20. The van der Waals surface area contributed by atoms with Gasteiger partial charge < -0.3 is 15.1 Å². The second-order valence-electron chi connectivity index (χ2n) is 6.57. The zero-order chi connectivity index (χ0) is 16.5. The first-order valence-corrected chi connectivity index (χ1v) is 8.60. The molecule has 0 spiro atoms. The zero-order valence-electron chi connectivity index (χ0n) is 14.4. The summed E-state index contributed by atoms with van der Waals surface area (Å²) in [4.78, 5) is 17.1. The lowest BCUT2D eigenvalue weighted by Gasteiger charge is -2.36. The van der Waals surface area contributed by atoms with Crippen LogP contribution in [0.1, 0.15) is 27.3 Å². The van der Waals surface area contributed by atoms with E-state index in [1.165, 1.54) is 11.3 Å². The summed E-state index contributed by atoms with van der Waals surface area (Å²) in [7, 11) is 0. The van der Waals surface area contributed by atoms with Gasteiger partial charge in [0.25, 0.3) is 5.91 Å². The molecule has 1 aromatic heterocycles. The number of halogens is 1. The maximum absolute atomic E-state index is 12.8. The summed E-state index contributed by atoms with van der Waals surface area (Å²) in [5, 5.41) is 10.7. The molecule has 0 radical (unpaired) electrons. The highest BCUT2D eigenvalue weighted by Gasteiger charge is 2.28. The van der Waals surface area contributed by atoms with Crippen LogP contribution in [0, 0.1) is 6.92 Å². The number of carbonyl (C=O) groups is 1. The van der Waals surface area contributed by atoms with Crippen molar-refractivity contribution in [3.8, 4) is 0 Å². The van der Waals surface area contributed by atoms with Gasteiger partial charge in [0, 0.05) is 62.6 Å². The Hall–Kier alpha value is -2.05. The van der Waals surface area contributed by atoms with Crippen LogP contribution >= 0.6 is 12.4 Å².